The van der Waals surface area contributed by atoms with Crippen molar-refractivity contribution in [3.63, 3.8) is 0 Å². The van der Waals surface area contributed by atoms with Crippen LogP contribution in [-0.2, 0) is 9.53 Å². The van der Waals surface area contributed by atoms with Gasteiger partial charge in [-0.05, 0) is 61.9 Å². The summed E-state index contributed by atoms with van der Waals surface area (Å²) in [6.07, 6.45) is 2.98. The molecule has 1 aliphatic rings. The number of furan rings is 1. The number of esters is 2. The first-order chi connectivity index (χ1) is 15.0. The van der Waals surface area contributed by atoms with Crippen molar-refractivity contribution in [1.82, 2.24) is 0 Å². The van der Waals surface area contributed by atoms with E-state index < -0.39 is 11.9 Å². The molecule has 7 heteroatoms. The smallest absolute Gasteiger partial charge is 0.379 e. The number of ether oxygens (including phenoxy) is 3. The second-order valence-corrected chi connectivity index (χ2v) is 6.71. The van der Waals surface area contributed by atoms with E-state index >= 15 is 0 Å². The first kappa shape index (κ1) is 20.2. The number of aryl methyl sites for hydroxylation is 1. The molecule has 1 aromatic heterocycles. The Hall–Kier alpha value is -4.13. The number of aliphatic imine (C=N–C) groups is 1. The molecule has 0 amide bonds. The maximum absolute atomic E-state index is 12.3. The van der Waals surface area contributed by atoms with E-state index in [2.05, 4.69) is 4.99 Å². The van der Waals surface area contributed by atoms with Gasteiger partial charge in [0.2, 0.25) is 11.7 Å². The Morgan fingerprint density at radius 1 is 1.10 bits per heavy atom. The van der Waals surface area contributed by atoms with Gasteiger partial charge in [0.1, 0.15) is 0 Å². The van der Waals surface area contributed by atoms with Gasteiger partial charge in [0.05, 0.1) is 12.9 Å². The molecule has 2 heterocycles. The van der Waals surface area contributed by atoms with Crippen LogP contribution in [0.15, 0.2) is 76.0 Å². The molecule has 0 aliphatic carbocycles. The summed E-state index contributed by atoms with van der Waals surface area (Å²) in [4.78, 5) is 28.8. The molecule has 4 rings (SSSR count). The zero-order valence-electron chi connectivity index (χ0n) is 17.0. The van der Waals surface area contributed by atoms with Gasteiger partial charge in [-0.15, -0.1) is 0 Å². The van der Waals surface area contributed by atoms with Gasteiger partial charge in [-0.3, -0.25) is 0 Å². The maximum atomic E-state index is 12.3. The average Bonchev–Trinajstić information content (AvgIpc) is 3.41. The summed E-state index contributed by atoms with van der Waals surface area (Å²) in [7, 11) is 0. The van der Waals surface area contributed by atoms with Crippen LogP contribution in [0.3, 0.4) is 0 Å². The average molecular weight is 417 g/mol. The minimum Gasteiger partial charge on any atom is -0.490 e. The normalized spacial score (nSPS) is 14.3. The van der Waals surface area contributed by atoms with E-state index in [0.29, 0.717) is 17.9 Å². The monoisotopic (exact) mass is 417 g/mol. The molecule has 0 atom stereocenters. The number of hydrogen-bond acceptors (Lipinski definition) is 7. The van der Waals surface area contributed by atoms with Crippen molar-refractivity contribution in [2.45, 2.75) is 13.8 Å². The molecule has 0 bridgehead atoms. The van der Waals surface area contributed by atoms with E-state index in [4.69, 9.17) is 18.6 Å². The Labute approximate surface area is 178 Å². The van der Waals surface area contributed by atoms with Gasteiger partial charge in [-0.2, -0.15) is 0 Å². The number of carbonyl (C=O) groups is 2. The SMILES string of the molecule is CCOc1cc(C=C2N=C(c3cccc(C)c3)OC2=O)ccc1OC(=O)c1ccco1. The van der Waals surface area contributed by atoms with E-state index in [1.807, 2.05) is 38.1 Å². The molecule has 156 valence electrons. The molecular formula is C24H19NO6. The third-order valence-electron chi connectivity index (χ3n) is 4.38. The highest BCUT2D eigenvalue weighted by atomic mass is 16.6. The predicted octanol–water partition coefficient (Wildman–Crippen LogP) is 4.55. The fraction of sp³-hybridized carbons (Fsp3) is 0.125. The van der Waals surface area contributed by atoms with E-state index in [0.717, 1.165) is 11.1 Å². The Bertz CT molecular complexity index is 1190. The van der Waals surface area contributed by atoms with Gasteiger partial charge in [0, 0.05) is 5.56 Å². The van der Waals surface area contributed by atoms with Crippen LogP contribution in [-0.4, -0.2) is 24.4 Å². The number of carbonyl (C=O) groups excluding carboxylic acids is 2. The van der Waals surface area contributed by atoms with Crippen LogP contribution in [0.25, 0.3) is 6.08 Å². The summed E-state index contributed by atoms with van der Waals surface area (Å²) >= 11 is 0. The van der Waals surface area contributed by atoms with Crippen molar-refractivity contribution in [1.29, 1.82) is 0 Å². The molecule has 1 aliphatic heterocycles. The van der Waals surface area contributed by atoms with Crippen molar-refractivity contribution >= 4 is 23.9 Å². The highest BCUT2D eigenvalue weighted by Crippen LogP contribution is 2.31. The largest absolute Gasteiger partial charge is 0.490 e. The molecule has 3 aromatic rings. The molecule has 0 unspecified atom stereocenters. The Morgan fingerprint density at radius 2 is 1.97 bits per heavy atom. The standard InChI is InChI=1S/C24H19NO6/c1-3-28-21-14-16(9-10-19(21)30-24(27)20-8-5-11-29-20)13-18-23(26)31-22(25-18)17-7-4-6-15(2)12-17/h4-14H,3H2,1-2H3. The van der Waals surface area contributed by atoms with Gasteiger partial charge in [-0.1, -0.05) is 23.8 Å². The van der Waals surface area contributed by atoms with E-state index in [1.165, 1.54) is 12.3 Å². The topological polar surface area (TPSA) is 87.3 Å². The van der Waals surface area contributed by atoms with Crippen molar-refractivity contribution in [3.05, 3.63) is 89.0 Å². The zero-order valence-corrected chi connectivity index (χ0v) is 17.0. The highest BCUT2D eigenvalue weighted by Gasteiger charge is 2.24. The summed E-state index contributed by atoms with van der Waals surface area (Å²) in [5.41, 5.74) is 2.57. The Balaban J connectivity index is 1.60. The molecule has 7 nitrogen and oxygen atoms in total. The van der Waals surface area contributed by atoms with Crippen molar-refractivity contribution in [3.8, 4) is 11.5 Å². The maximum Gasteiger partial charge on any atom is 0.379 e. The lowest BCUT2D eigenvalue weighted by atomic mass is 10.1. The van der Waals surface area contributed by atoms with Crippen LogP contribution in [0.5, 0.6) is 11.5 Å². The van der Waals surface area contributed by atoms with Crippen LogP contribution in [0, 0.1) is 6.92 Å². The Morgan fingerprint density at radius 3 is 2.71 bits per heavy atom. The van der Waals surface area contributed by atoms with Gasteiger partial charge < -0.3 is 18.6 Å². The number of hydrogen-bond donors (Lipinski definition) is 0. The lowest BCUT2D eigenvalue weighted by Crippen LogP contribution is -2.08. The first-order valence-corrected chi connectivity index (χ1v) is 9.65. The quantitative estimate of drug-likeness (QED) is 0.332. The summed E-state index contributed by atoms with van der Waals surface area (Å²) in [6.45, 7) is 4.13. The highest BCUT2D eigenvalue weighted by molar-refractivity contribution is 6.12. The zero-order chi connectivity index (χ0) is 21.8. The third kappa shape index (κ3) is 4.56. The lowest BCUT2D eigenvalue weighted by molar-refractivity contribution is -0.129. The third-order valence-corrected chi connectivity index (χ3v) is 4.38. The van der Waals surface area contributed by atoms with Gasteiger partial charge >= 0.3 is 11.9 Å². The van der Waals surface area contributed by atoms with Crippen molar-refractivity contribution in [2.75, 3.05) is 6.61 Å². The fourth-order valence-corrected chi connectivity index (χ4v) is 2.98. The Kier molecular flexibility index (Phi) is 5.66. The molecule has 0 saturated heterocycles. The number of rotatable bonds is 6. The lowest BCUT2D eigenvalue weighted by Gasteiger charge is -2.10. The number of nitrogens with zero attached hydrogens (tertiary/aromatic N) is 1. The summed E-state index contributed by atoms with van der Waals surface area (Å²) in [5.74, 6) is -0.240. The van der Waals surface area contributed by atoms with Gasteiger partial charge in [0.15, 0.2) is 17.2 Å². The molecule has 0 radical (unpaired) electrons. The second kappa shape index (κ2) is 8.71. The van der Waals surface area contributed by atoms with E-state index in [1.54, 1.807) is 30.3 Å². The number of cyclic esters (lactones) is 1. The van der Waals surface area contributed by atoms with Crippen LogP contribution in [0.2, 0.25) is 0 Å². The molecule has 0 spiro atoms. The minimum atomic E-state index is -0.635. The fourth-order valence-electron chi connectivity index (χ4n) is 2.98. The molecule has 0 fully saturated rings. The van der Waals surface area contributed by atoms with Crippen LogP contribution in [0.4, 0.5) is 0 Å². The summed E-state index contributed by atoms with van der Waals surface area (Å²) in [6, 6.07) is 15.6. The molecule has 0 saturated carbocycles. The predicted molar refractivity (Wildman–Crippen MR) is 113 cm³/mol. The number of benzene rings is 2. The first-order valence-electron chi connectivity index (χ1n) is 9.65. The van der Waals surface area contributed by atoms with Crippen LogP contribution < -0.4 is 9.47 Å². The molecule has 0 N–H and O–H groups in total. The van der Waals surface area contributed by atoms with Crippen LogP contribution >= 0.6 is 0 Å². The van der Waals surface area contributed by atoms with Gasteiger partial charge in [-0.25, -0.2) is 14.6 Å². The van der Waals surface area contributed by atoms with Crippen molar-refractivity contribution in [2.24, 2.45) is 4.99 Å². The second-order valence-electron chi connectivity index (χ2n) is 6.71. The van der Waals surface area contributed by atoms with E-state index in [9.17, 15) is 9.59 Å². The van der Waals surface area contributed by atoms with Crippen LogP contribution in [0.1, 0.15) is 34.2 Å². The van der Waals surface area contributed by atoms with E-state index in [-0.39, 0.29) is 23.1 Å². The minimum absolute atomic E-state index is 0.0837. The summed E-state index contributed by atoms with van der Waals surface area (Å²) < 4.78 is 21.3. The van der Waals surface area contributed by atoms with Crippen molar-refractivity contribution < 1.29 is 28.2 Å². The summed E-state index contributed by atoms with van der Waals surface area (Å²) in [5, 5.41) is 0. The molecule has 2 aromatic carbocycles. The molecule has 31 heavy (non-hydrogen) atoms. The van der Waals surface area contributed by atoms with Gasteiger partial charge in [0.25, 0.3) is 0 Å². The molecular weight excluding hydrogens is 398 g/mol.